The first-order valence-electron chi connectivity index (χ1n) is 6.00. The molecule has 0 saturated carbocycles. The lowest BCUT2D eigenvalue weighted by molar-refractivity contribution is 0.164. The molecule has 0 unspecified atom stereocenters. The summed E-state index contributed by atoms with van der Waals surface area (Å²) in [5.41, 5.74) is 1.29. The topological polar surface area (TPSA) is 30.5 Å². The fourth-order valence-corrected chi connectivity index (χ4v) is 3.28. The van der Waals surface area contributed by atoms with Crippen LogP contribution in [0.3, 0.4) is 0 Å². The zero-order chi connectivity index (χ0) is 11.8. The summed E-state index contributed by atoms with van der Waals surface area (Å²) in [5.74, 6) is 3.10. The molecule has 1 aromatic carbocycles. The predicted octanol–water partition coefficient (Wildman–Crippen LogP) is 2.54. The van der Waals surface area contributed by atoms with E-state index >= 15 is 0 Å². The van der Waals surface area contributed by atoms with Crippen molar-refractivity contribution in [2.75, 3.05) is 26.8 Å². The lowest BCUT2D eigenvalue weighted by Crippen LogP contribution is -2.40. The zero-order valence-electron chi connectivity index (χ0n) is 9.83. The molecule has 0 spiro atoms. The summed E-state index contributed by atoms with van der Waals surface area (Å²) in [5, 5.41) is 3.47. The lowest BCUT2D eigenvalue weighted by atomic mass is 9.80. The van der Waals surface area contributed by atoms with E-state index in [1.165, 1.54) is 12.0 Å². The second-order valence-corrected chi connectivity index (χ2v) is 5.55. The molecule has 4 heteroatoms. The van der Waals surface area contributed by atoms with Gasteiger partial charge in [-0.05, 0) is 41.0 Å². The van der Waals surface area contributed by atoms with Gasteiger partial charge in [0.25, 0.3) is 0 Å². The first kappa shape index (κ1) is 11.4. The van der Waals surface area contributed by atoms with E-state index in [0.29, 0.717) is 11.8 Å². The van der Waals surface area contributed by atoms with Gasteiger partial charge >= 0.3 is 0 Å². The average Bonchev–Trinajstić information content (AvgIpc) is 2.37. The van der Waals surface area contributed by atoms with Gasteiger partial charge in [0, 0.05) is 23.9 Å². The third kappa shape index (κ3) is 1.93. The number of piperidine rings is 1. The molecule has 0 aliphatic carbocycles. The lowest BCUT2D eigenvalue weighted by Gasteiger charge is -2.37. The van der Waals surface area contributed by atoms with Crippen LogP contribution in [0.2, 0.25) is 0 Å². The van der Waals surface area contributed by atoms with Gasteiger partial charge in [0.05, 0.1) is 18.2 Å². The average molecular weight is 298 g/mol. The van der Waals surface area contributed by atoms with E-state index in [-0.39, 0.29) is 0 Å². The highest BCUT2D eigenvalue weighted by Crippen LogP contribution is 2.43. The SMILES string of the molecule is COc1cc2c(cc1Br)OC[C@@H]1CCNC[C@H]21. The van der Waals surface area contributed by atoms with Crippen LogP contribution in [-0.2, 0) is 0 Å². The summed E-state index contributed by atoms with van der Waals surface area (Å²) >= 11 is 3.50. The Morgan fingerprint density at radius 1 is 1.47 bits per heavy atom. The third-order valence-electron chi connectivity index (χ3n) is 3.76. The van der Waals surface area contributed by atoms with Crippen LogP contribution in [0.1, 0.15) is 17.9 Å². The number of hydrogen-bond donors (Lipinski definition) is 1. The molecule has 92 valence electrons. The first-order valence-corrected chi connectivity index (χ1v) is 6.80. The highest BCUT2D eigenvalue weighted by atomic mass is 79.9. The van der Waals surface area contributed by atoms with Gasteiger partial charge in [-0.1, -0.05) is 0 Å². The smallest absolute Gasteiger partial charge is 0.133 e. The molecule has 1 N–H and O–H groups in total. The first-order chi connectivity index (χ1) is 8.29. The Morgan fingerprint density at radius 2 is 2.35 bits per heavy atom. The second kappa shape index (κ2) is 4.50. The van der Waals surface area contributed by atoms with Gasteiger partial charge in [-0.15, -0.1) is 0 Å². The number of rotatable bonds is 1. The van der Waals surface area contributed by atoms with Gasteiger partial charge in [0.1, 0.15) is 11.5 Å². The van der Waals surface area contributed by atoms with Crippen molar-refractivity contribution < 1.29 is 9.47 Å². The summed E-state index contributed by atoms with van der Waals surface area (Å²) in [4.78, 5) is 0. The summed E-state index contributed by atoms with van der Waals surface area (Å²) in [6.45, 7) is 3.00. The number of benzene rings is 1. The van der Waals surface area contributed by atoms with Crippen LogP contribution >= 0.6 is 15.9 Å². The summed E-state index contributed by atoms with van der Waals surface area (Å²) < 4.78 is 12.2. The molecule has 17 heavy (non-hydrogen) atoms. The Kier molecular flexibility index (Phi) is 3.01. The van der Waals surface area contributed by atoms with Gasteiger partial charge in [0.2, 0.25) is 0 Å². The molecule has 2 aliphatic rings. The number of fused-ring (bicyclic) bond motifs is 3. The second-order valence-electron chi connectivity index (χ2n) is 4.69. The molecule has 0 amide bonds. The highest BCUT2D eigenvalue weighted by Gasteiger charge is 2.33. The fraction of sp³-hybridized carbons (Fsp3) is 0.538. The fourth-order valence-electron chi connectivity index (χ4n) is 2.80. The van der Waals surface area contributed by atoms with Crippen LogP contribution < -0.4 is 14.8 Å². The van der Waals surface area contributed by atoms with E-state index in [4.69, 9.17) is 9.47 Å². The van der Waals surface area contributed by atoms with Gasteiger partial charge in [-0.3, -0.25) is 0 Å². The maximum atomic E-state index is 5.86. The van der Waals surface area contributed by atoms with Crippen molar-refractivity contribution in [3.05, 3.63) is 22.2 Å². The molecule has 0 aromatic heterocycles. The number of halogens is 1. The van der Waals surface area contributed by atoms with Crippen LogP contribution in [0.25, 0.3) is 0 Å². The minimum absolute atomic E-state index is 0.564. The van der Waals surface area contributed by atoms with Crippen molar-refractivity contribution in [1.82, 2.24) is 5.32 Å². The Bertz CT molecular complexity index is 436. The molecule has 1 fully saturated rings. The minimum Gasteiger partial charge on any atom is -0.496 e. The molecule has 2 atom stereocenters. The van der Waals surface area contributed by atoms with Crippen molar-refractivity contribution in [2.24, 2.45) is 5.92 Å². The summed E-state index contributed by atoms with van der Waals surface area (Å²) in [6.07, 6.45) is 1.20. The molecule has 1 aromatic rings. The Labute approximate surface area is 110 Å². The molecular weight excluding hydrogens is 282 g/mol. The highest BCUT2D eigenvalue weighted by molar-refractivity contribution is 9.10. The number of methoxy groups -OCH3 is 1. The van der Waals surface area contributed by atoms with E-state index < -0.39 is 0 Å². The van der Waals surface area contributed by atoms with Crippen molar-refractivity contribution in [1.29, 1.82) is 0 Å². The summed E-state index contributed by atoms with van der Waals surface area (Å²) in [6, 6.07) is 4.14. The molecule has 0 bridgehead atoms. The van der Waals surface area contributed by atoms with Crippen molar-refractivity contribution in [2.45, 2.75) is 12.3 Å². The number of nitrogens with one attached hydrogen (secondary N) is 1. The van der Waals surface area contributed by atoms with E-state index in [1.54, 1.807) is 7.11 Å². The molecule has 1 saturated heterocycles. The van der Waals surface area contributed by atoms with E-state index in [1.807, 2.05) is 6.07 Å². The van der Waals surface area contributed by atoms with Crippen LogP contribution in [0, 0.1) is 5.92 Å². The minimum atomic E-state index is 0.564. The molecule has 2 heterocycles. The van der Waals surface area contributed by atoms with Crippen molar-refractivity contribution >= 4 is 15.9 Å². The quantitative estimate of drug-likeness (QED) is 0.864. The zero-order valence-corrected chi connectivity index (χ0v) is 11.4. The standard InChI is InChI=1S/C13H16BrNO2/c1-16-13-4-9-10-6-15-3-2-8(10)7-17-12(9)5-11(13)14/h4-5,8,10,15H,2-3,6-7H2,1H3/t8-,10-/m0/s1. The molecule has 3 nitrogen and oxygen atoms in total. The normalized spacial score (nSPS) is 26.7. The number of ether oxygens (including phenoxy) is 2. The molecule has 3 rings (SSSR count). The Hall–Kier alpha value is -0.740. The Balaban J connectivity index is 2.02. The molecular formula is C13H16BrNO2. The molecule has 0 radical (unpaired) electrons. The monoisotopic (exact) mass is 297 g/mol. The van der Waals surface area contributed by atoms with E-state index in [2.05, 4.69) is 27.3 Å². The van der Waals surface area contributed by atoms with Crippen LogP contribution in [0.4, 0.5) is 0 Å². The van der Waals surface area contributed by atoms with E-state index in [0.717, 1.165) is 35.7 Å². The van der Waals surface area contributed by atoms with Gasteiger partial charge in [-0.2, -0.15) is 0 Å². The van der Waals surface area contributed by atoms with Gasteiger partial charge < -0.3 is 14.8 Å². The van der Waals surface area contributed by atoms with Crippen molar-refractivity contribution in [3.63, 3.8) is 0 Å². The van der Waals surface area contributed by atoms with Gasteiger partial charge in [-0.25, -0.2) is 0 Å². The maximum absolute atomic E-state index is 5.86. The van der Waals surface area contributed by atoms with Crippen LogP contribution in [0.5, 0.6) is 11.5 Å². The van der Waals surface area contributed by atoms with Crippen molar-refractivity contribution in [3.8, 4) is 11.5 Å². The van der Waals surface area contributed by atoms with Crippen LogP contribution in [0.15, 0.2) is 16.6 Å². The number of hydrogen-bond acceptors (Lipinski definition) is 3. The maximum Gasteiger partial charge on any atom is 0.133 e. The summed E-state index contributed by atoms with van der Waals surface area (Å²) in [7, 11) is 1.70. The molecule has 2 aliphatic heterocycles. The third-order valence-corrected chi connectivity index (χ3v) is 4.38. The Morgan fingerprint density at radius 3 is 3.18 bits per heavy atom. The predicted molar refractivity (Wildman–Crippen MR) is 69.9 cm³/mol. The van der Waals surface area contributed by atoms with Crippen LogP contribution in [-0.4, -0.2) is 26.8 Å². The van der Waals surface area contributed by atoms with Gasteiger partial charge in [0.15, 0.2) is 0 Å². The largest absolute Gasteiger partial charge is 0.496 e. The van der Waals surface area contributed by atoms with E-state index in [9.17, 15) is 0 Å².